The van der Waals surface area contributed by atoms with Crippen LogP contribution >= 0.6 is 0 Å². The lowest BCUT2D eigenvalue weighted by Gasteiger charge is -2.20. The number of guanidine groups is 1. The molecule has 0 saturated heterocycles. The minimum Gasteiger partial charge on any atom is -0.459 e. The Hall–Kier alpha value is -2.38. The molecule has 0 amide bonds. The molecule has 6 nitrogen and oxygen atoms in total. The van der Waals surface area contributed by atoms with Gasteiger partial charge in [0.2, 0.25) is 0 Å². The summed E-state index contributed by atoms with van der Waals surface area (Å²) in [6.07, 6.45) is 0. The molecule has 0 bridgehead atoms. The smallest absolute Gasteiger partial charge is 0.387 e. The lowest BCUT2D eigenvalue weighted by atomic mass is 10.1. The summed E-state index contributed by atoms with van der Waals surface area (Å²) < 4.78 is 34.7. The summed E-state index contributed by atoms with van der Waals surface area (Å²) in [5.74, 6) is 0.0128. The first-order chi connectivity index (χ1) is 11.6. The third kappa shape index (κ3) is 8.32. The number of aliphatic imine (C=N–C) groups is 1. The summed E-state index contributed by atoms with van der Waals surface area (Å²) in [4.78, 5) is 15.7. The SMILES string of the molecule is CN=C(NCC(=O)OC(C)(C)C)NCc1cc(C)ccc1OC(F)F. The number of alkyl halides is 2. The zero-order valence-corrected chi connectivity index (χ0v) is 15.2. The Bertz CT molecular complexity index is 614. The predicted molar refractivity (Wildman–Crippen MR) is 91.9 cm³/mol. The van der Waals surface area contributed by atoms with Gasteiger partial charge in [-0.05, 0) is 33.8 Å². The van der Waals surface area contributed by atoms with Gasteiger partial charge >= 0.3 is 12.6 Å². The van der Waals surface area contributed by atoms with Gasteiger partial charge in [0.15, 0.2) is 5.96 Å². The van der Waals surface area contributed by atoms with Crippen LogP contribution in [0.1, 0.15) is 31.9 Å². The number of hydrogen-bond donors (Lipinski definition) is 2. The van der Waals surface area contributed by atoms with E-state index >= 15 is 0 Å². The van der Waals surface area contributed by atoms with Crippen molar-refractivity contribution in [2.24, 2.45) is 4.99 Å². The molecule has 0 aliphatic rings. The zero-order chi connectivity index (χ0) is 19.0. The van der Waals surface area contributed by atoms with E-state index in [9.17, 15) is 13.6 Å². The lowest BCUT2D eigenvalue weighted by molar-refractivity contribution is -0.153. The molecule has 140 valence electrons. The number of ether oxygens (including phenoxy) is 2. The Morgan fingerprint density at radius 3 is 2.52 bits per heavy atom. The highest BCUT2D eigenvalue weighted by Gasteiger charge is 2.16. The number of aryl methyl sites for hydroxylation is 1. The highest BCUT2D eigenvalue weighted by Crippen LogP contribution is 2.21. The molecule has 0 spiro atoms. The summed E-state index contributed by atoms with van der Waals surface area (Å²) in [6.45, 7) is 4.43. The van der Waals surface area contributed by atoms with Gasteiger partial charge in [-0.2, -0.15) is 8.78 Å². The fourth-order valence-electron chi connectivity index (χ4n) is 1.99. The van der Waals surface area contributed by atoms with Crippen LogP contribution in [-0.2, 0) is 16.1 Å². The van der Waals surface area contributed by atoms with Crippen LogP contribution in [0.25, 0.3) is 0 Å². The van der Waals surface area contributed by atoms with Crippen LogP contribution in [-0.4, -0.2) is 37.7 Å². The molecule has 0 fully saturated rings. The van der Waals surface area contributed by atoms with Crippen LogP contribution in [0.3, 0.4) is 0 Å². The van der Waals surface area contributed by atoms with Gasteiger partial charge in [0, 0.05) is 19.2 Å². The van der Waals surface area contributed by atoms with E-state index in [2.05, 4.69) is 20.4 Å². The normalized spacial score (nSPS) is 12.1. The average Bonchev–Trinajstić information content (AvgIpc) is 2.47. The van der Waals surface area contributed by atoms with Crippen molar-refractivity contribution in [1.29, 1.82) is 0 Å². The molecule has 0 aliphatic heterocycles. The minimum atomic E-state index is -2.90. The third-order valence-corrected chi connectivity index (χ3v) is 2.92. The number of hydrogen-bond acceptors (Lipinski definition) is 4. The third-order valence-electron chi connectivity index (χ3n) is 2.92. The number of carbonyl (C=O) groups is 1. The molecular formula is C17H25F2N3O3. The van der Waals surface area contributed by atoms with Crippen molar-refractivity contribution in [3.63, 3.8) is 0 Å². The molecule has 1 rings (SSSR count). The second-order valence-electron chi connectivity index (χ2n) is 6.36. The van der Waals surface area contributed by atoms with E-state index in [0.717, 1.165) is 5.56 Å². The average molecular weight is 357 g/mol. The topological polar surface area (TPSA) is 72.0 Å². The quantitative estimate of drug-likeness (QED) is 0.465. The summed E-state index contributed by atoms with van der Waals surface area (Å²) in [6, 6.07) is 4.93. The molecule has 0 radical (unpaired) electrons. The van der Waals surface area contributed by atoms with Crippen molar-refractivity contribution in [1.82, 2.24) is 10.6 Å². The zero-order valence-electron chi connectivity index (χ0n) is 15.2. The molecule has 0 heterocycles. The predicted octanol–water partition coefficient (Wildman–Crippen LogP) is 2.60. The van der Waals surface area contributed by atoms with E-state index in [-0.39, 0.29) is 18.8 Å². The molecular weight excluding hydrogens is 332 g/mol. The number of esters is 1. The van der Waals surface area contributed by atoms with Crippen LogP contribution in [0.4, 0.5) is 8.78 Å². The van der Waals surface area contributed by atoms with Crippen LogP contribution < -0.4 is 15.4 Å². The van der Waals surface area contributed by atoms with E-state index in [4.69, 9.17) is 4.74 Å². The maximum Gasteiger partial charge on any atom is 0.387 e. The Kier molecular flexibility index (Phi) is 7.60. The highest BCUT2D eigenvalue weighted by molar-refractivity contribution is 5.84. The Balaban J connectivity index is 2.63. The van der Waals surface area contributed by atoms with Crippen molar-refractivity contribution >= 4 is 11.9 Å². The van der Waals surface area contributed by atoms with E-state index in [1.807, 2.05) is 6.92 Å². The summed E-state index contributed by atoms with van der Waals surface area (Å²) in [5.41, 5.74) is 0.898. The van der Waals surface area contributed by atoms with Crippen molar-refractivity contribution in [3.05, 3.63) is 29.3 Å². The maximum atomic E-state index is 12.5. The van der Waals surface area contributed by atoms with Crippen LogP contribution in [0, 0.1) is 6.92 Å². The first kappa shape index (κ1) is 20.7. The van der Waals surface area contributed by atoms with Crippen molar-refractivity contribution in [2.45, 2.75) is 46.5 Å². The van der Waals surface area contributed by atoms with E-state index < -0.39 is 18.2 Å². The van der Waals surface area contributed by atoms with Gasteiger partial charge in [-0.15, -0.1) is 0 Å². The van der Waals surface area contributed by atoms with E-state index in [1.54, 1.807) is 32.9 Å². The number of halogens is 2. The van der Waals surface area contributed by atoms with Gasteiger partial charge in [-0.1, -0.05) is 17.7 Å². The molecule has 0 aliphatic carbocycles. The minimum absolute atomic E-state index is 0.0643. The fraction of sp³-hybridized carbons (Fsp3) is 0.529. The number of benzene rings is 1. The largest absolute Gasteiger partial charge is 0.459 e. The fourth-order valence-corrected chi connectivity index (χ4v) is 1.99. The van der Waals surface area contributed by atoms with Gasteiger partial charge in [0.1, 0.15) is 17.9 Å². The Morgan fingerprint density at radius 1 is 1.28 bits per heavy atom. The number of rotatable bonds is 6. The second kappa shape index (κ2) is 9.19. The van der Waals surface area contributed by atoms with Crippen molar-refractivity contribution in [3.8, 4) is 5.75 Å². The van der Waals surface area contributed by atoms with Crippen LogP contribution in [0.2, 0.25) is 0 Å². The molecule has 1 aromatic carbocycles. The van der Waals surface area contributed by atoms with Crippen molar-refractivity contribution in [2.75, 3.05) is 13.6 Å². The standard InChI is InChI=1S/C17H25F2N3O3/c1-11-6-7-13(24-15(18)19)12(8-11)9-21-16(20-5)22-10-14(23)25-17(2,3)4/h6-8,15H,9-10H2,1-5H3,(H2,20,21,22). The lowest BCUT2D eigenvalue weighted by Crippen LogP contribution is -2.41. The van der Waals surface area contributed by atoms with Crippen LogP contribution in [0.15, 0.2) is 23.2 Å². The summed E-state index contributed by atoms with van der Waals surface area (Å²) in [7, 11) is 1.54. The van der Waals surface area contributed by atoms with Gasteiger partial charge < -0.3 is 20.1 Å². The summed E-state index contributed by atoms with van der Waals surface area (Å²) >= 11 is 0. The molecule has 0 atom stereocenters. The molecule has 25 heavy (non-hydrogen) atoms. The summed E-state index contributed by atoms with van der Waals surface area (Å²) in [5, 5.41) is 5.76. The Labute approximate surface area is 146 Å². The number of carbonyl (C=O) groups excluding carboxylic acids is 1. The van der Waals surface area contributed by atoms with Gasteiger partial charge in [-0.25, -0.2) is 0 Å². The second-order valence-corrected chi connectivity index (χ2v) is 6.36. The van der Waals surface area contributed by atoms with Gasteiger partial charge in [0.05, 0.1) is 0 Å². The van der Waals surface area contributed by atoms with E-state index in [0.29, 0.717) is 11.5 Å². The first-order valence-electron chi connectivity index (χ1n) is 7.81. The molecule has 0 unspecified atom stereocenters. The van der Waals surface area contributed by atoms with Crippen LogP contribution in [0.5, 0.6) is 5.75 Å². The van der Waals surface area contributed by atoms with Crippen molar-refractivity contribution < 1.29 is 23.0 Å². The highest BCUT2D eigenvalue weighted by atomic mass is 19.3. The first-order valence-corrected chi connectivity index (χ1v) is 7.81. The molecule has 0 aromatic heterocycles. The number of nitrogens with zero attached hydrogens (tertiary/aromatic N) is 1. The molecule has 1 aromatic rings. The van der Waals surface area contributed by atoms with Gasteiger partial charge in [0.25, 0.3) is 0 Å². The van der Waals surface area contributed by atoms with Gasteiger partial charge in [-0.3, -0.25) is 9.79 Å². The maximum absolute atomic E-state index is 12.5. The Morgan fingerprint density at radius 2 is 1.96 bits per heavy atom. The monoisotopic (exact) mass is 357 g/mol. The van der Waals surface area contributed by atoms with E-state index in [1.165, 1.54) is 13.1 Å². The number of nitrogens with one attached hydrogen (secondary N) is 2. The molecule has 0 saturated carbocycles. The molecule has 2 N–H and O–H groups in total. The molecule has 8 heteroatoms.